The second-order valence-electron chi connectivity index (χ2n) is 5.36. The van der Waals surface area contributed by atoms with Crippen LogP contribution >= 0.6 is 0 Å². The Morgan fingerprint density at radius 2 is 2.04 bits per heavy atom. The normalized spacial score (nSPS) is 13.2. The summed E-state index contributed by atoms with van der Waals surface area (Å²) in [5, 5.41) is 14.9. The summed E-state index contributed by atoms with van der Waals surface area (Å²) in [4.78, 5) is 39.8. The predicted octanol–water partition coefficient (Wildman–Crippen LogP) is 0.118. The van der Waals surface area contributed by atoms with Gasteiger partial charge in [0.2, 0.25) is 11.7 Å². The number of carbonyl (C=O) groups excluding carboxylic acids is 2. The predicted molar refractivity (Wildman–Crippen MR) is 84.9 cm³/mol. The Morgan fingerprint density at radius 3 is 2.72 bits per heavy atom. The number of aromatic hydroxyl groups is 1. The van der Waals surface area contributed by atoms with Gasteiger partial charge in [0.1, 0.15) is 12.4 Å². The van der Waals surface area contributed by atoms with Crippen LogP contribution in [-0.2, 0) is 17.9 Å². The Balaban J connectivity index is 1.88. The number of nitrogens with one attached hydrogen (secondary N) is 2. The number of aromatic nitrogens is 2. The van der Waals surface area contributed by atoms with Gasteiger partial charge in [-0.1, -0.05) is 18.7 Å². The van der Waals surface area contributed by atoms with Gasteiger partial charge in [-0.25, -0.2) is 9.37 Å². The van der Waals surface area contributed by atoms with Crippen LogP contribution in [0.1, 0.15) is 21.9 Å². The molecule has 0 fully saturated rings. The summed E-state index contributed by atoms with van der Waals surface area (Å²) in [5.74, 6) is -2.53. The third kappa shape index (κ3) is 3.11. The van der Waals surface area contributed by atoms with Gasteiger partial charge in [-0.3, -0.25) is 19.0 Å². The standard InChI is InChI=1S/C16H13FN4O4/c1-8-14-20-12(13(23)16(25)21(14)7-11(22)19-8)15(24)18-6-9-2-4-10(17)5-3-9/h2-5,23H,1,6-7H2,(H,18,24)(H,19,22). The summed E-state index contributed by atoms with van der Waals surface area (Å²) in [7, 11) is 0. The number of nitrogens with zero attached hydrogens (tertiary/aromatic N) is 2. The molecular formula is C16H13FN4O4. The summed E-state index contributed by atoms with van der Waals surface area (Å²) < 4.78 is 13.8. The lowest BCUT2D eigenvalue weighted by Gasteiger charge is -2.20. The summed E-state index contributed by atoms with van der Waals surface area (Å²) in [6.07, 6.45) is 0. The van der Waals surface area contributed by atoms with E-state index < -0.39 is 34.6 Å². The van der Waals surface area contributed by atoms with Crippen molar-refractivity contribution in [2.75, 3.05) is 0 Å². The lowest BCUT2D eigenvalue weighted by Crippen LogP contribution is -2.41. The molecule has 2 heterocycles. The highest BCUT2D eigenvalue weighted by molar-refractivity contribution is 5.95. The first-order valence-electron chi connectivity index (χ1n) is 7.22. The fraction of sp³-hybridized carbons (Fsp3) is 0.125. The van der Waals surface area contributed by atoms with Crippen LogP contribution in [0.3, 0.4) is 0 Å². The van der Waals surface area contributed by atoms with E-state index in [1.165, 1.54) is 24.3 Å². The van der Waals surface area contributed by atoms with Gasteiger partial charge in [-0.05, 0) is 17.7 Å². The molecule has 1 aromatic heterocycles. The topological polar surface area (TPSA) is 113 Å². The number of amides is 2. The molecule has 128 valence electrons. The molecule has 0 unspecified atom stereocenters. The van der Waals surface area contributed by atoms with E-state index in [0.29, 0.717) is 5.56 Å². The number of hydrogen-bond acceptors (Lipinski definition) is 5. The number of halogens is 1. The maximum Gasteiger partial charge on any atom is 0.297 e. The lowest BCUT2D eigenvalue weighted by molar-refractivity contribution is -0.121. The first-order valence-corrected chi connectivity index (χ1v) is 7.22. The monoisotopic (exact) mass is 344 g/mol. The van der Waals surface area contributed by atoms with Crippen molar-refractivity contribution in [2.24, 2.45) is 0 Å². The molecule has 3 N–H and O–H groups in total. The molecule has 0 atom stereocenters. The lowest BCUT2D eigenvalue weighted by atomic mass is 10.2. The van der Waals surface area contributed by atoms with E-state index in [9.17, 15) is 23.9 Å². The van der Waals surface area contributed by atoms with Crippen molar-refractivity contribution >= 4 is 17.5 Å². The molecule has 0 radical (unpaired) electrons. The smallest absolute Gasteiger partial charge is 0.297 e. The highest BCUT2D eigenvalue weighted by Gasteiger charge is 2.26. The van der Waals surface area contributed by atoms with Crippen LogP contribution < -0.4 is 16.2 Å². The maximum absolute atomic E-state index is 12.9. The Bertz CT molecular complexity index is 950. The van der Waals surface area contributed by atoms with Gasteiger partial charge in [0.15, 0.2) is 11.5 Å². The van der Waals surface area contributed by atoms with Crippen LogP contribution in [-0.4, -0.2) is 26.5 Å². The van der Waals surface area contributed by atoms with Crippen LogP contribution in [0.2, 0.25) is 0 Å². The van der Waals surface area contributed by atoms with Crippen molar-refractivity contribution in [2.45, 2.75) is 13.1 Å². The Morgan fingerprint density at radius 1 is 1.36 bits per heavy atom. The van der Waals surface area contributed by atoms with Gasteiger partial charge in [0, 0.05) is 6.54 Å². The highest BCUT2D eigenvalue weighted by atomic mass is 19.1. The molecule has 0 saturated carbocycles. The molecule has 0 aliphatic carbocycles. The molecule has 1 aliphatic heterocycles. The van der Waals surface area contributed by atoms with Crippen molar-refractivity contribution in [1.82, 2.24) is 20.2 Å². The molecule has 3 rings (SSSR count). The molecule has 2 amide bonds. The molecule has 0 saturated heterocycles. The average molecular weight is 344 g/mol. The van der Waals surface area contributed by atoms with Crippen LogP contribution in [0.5, 0.6) is 5.75 Å². The van der Waals surface area contributed by atoms with Crippen LogP contribution in [0.25, 0.3) is 5.70 Å². The molecule has 0 bridgehead atoms. The van der Waals surface area contributed by atoms with E-state index in [4.69, 9.17) is 0 Å². The van der Waals surface area contributed by atoms with Gasteiger partial charge >= 0.3 is 0 Å². The zero-order valence-electron chi connectivity index (χ0n) is 12.9. The molecule has 1 aromatic carbocycles. The van der Waals surface area contributed by atoms with E-state index in [0.717, 1.165) is 4.57 Å². The molecule has 8 nitrogen and oxygen atoms in total. The van der Waals surface area contributed by atoms with Crippen molar-refractivity contribution in [3.63, 3.8) is 0 Å². The number of hydrogen-bond donors (Lipinski definition) is 3. The third-order valence-electron chi connectivity index (χ3n) is 3.59. The number of carbonyl (C=O) groups is 2. The van der Waals surface area contributed by atoms with Crippen molar-refractivity contribution in [3.8, 4) is 5.75 Å². The second-order valence-corrected chi connectivity index (χ2v) is 5.36. The van der Waals surface area contributed by atoms with Crippen LogP contribution in [0.4, 0.5) is 4.39 Å². The maximum atomic E-state index is 12.9. The van der Waals surface area contributed by atoms with Crippen molar-refractivity contribution in [1.29, 1.82) is 0 Å². The van der Waals surface area contributed by atoms with E-state index >= 15 is 0 Å². The van der Waals surface area contributed by atoms with Crippen molar-refractivity contribution < 1.29 is 19.1 Å². The van der Waals surface area contributed by atoms with E-state index in [1.807, 2.05) is 0 Å². The average Bonchev–Trinajstić information content (AvgIpc) is 2.57. The zero-order valence-corrected chi connectivity index (χ0v) is 12.9. The minimum Gasteiger partial charge on any atom is -0.501 e. The summed E-state index contributed by atoms with van der Waals surface area (Å²) >= 11 is 0. The Labute approximate surface area is 140 Å². The summed E-state index contributed by atoms with van der Waals surface area (Å²) in [6.45, 7) is 3.30. The molecule has 0 spiro atoms. The van der Waals surface area contributed by atoms with Crippen LogP contribution in [0.15, 0.2) is 35.6 Å². The Kier molecular flexibility index (Phi) is 4.05. The van der Waals surface area contributed by atoms with E-state index in [-0.39, 0.29) is 24.6 Å². The van der Waals surface area contributed by atoms with Gasteiger partial charge in [0.05, 0.1) is 5.70 Å². The largest absolute Gasteiger partial charge is 0.501 e. The highest BCUT2D eigenvalue weighted by Crippen LogP contribution is 2.16. The first kappa shape index (κ1) is 16.4. The zero-order chi connectivity index (χ0) is 18.1. The van der Waals surface area contributed by atoms with Gasteiger partial charge in [-0.2, -0.15) is 0 Å². The first-order chi connectivity index (χ1) is 11.9. The molecular weight excluding hydrogens is 331 g/mol. The molecule has 1 aliphatic rings. The minimum atomic E-state index is -0.909. The van der Waals surface area contributed by atoms with E-state index in [1.54, 1.807) is 0 Å². The molecule has 2 aromatic rings. The number of benzene rings is 1. The van der Waals surface area contributed by atoms with Crippen molar-refractivity contribution in [3.05, 3.63) is 64.1 Å². The number of fused-ring (bicyclic) bond motifs is 1. The number of rotatable bonds is 3. The SMILES string of the molecule is C=C1NC(=O)Cn2c1nc(C(=O)NCc1ccc(F)cc1)c(O)c2=O. The van der Waals surface area contributed by atoms with Gasteiger partial charge in [-0.15, -0.1) is 0 Å². The van der Waals surface area contributed by atoms with Gasteiger partial charge in [0.25, 0.3) is 11.5 Å². The fourth-order valence-corrected chi connectivity index (χ4v) is 2.36. The second kappa shape index (κ2) is 6.19. The summed E-state index contributed by atoms with van der Waals surface area (Å²) in [5.41, 5.74) is -0.704. The Hall–Kier alpha value is -3.49. The minimum absolute atomic E-state index is 0.00525. The molecule has 9 heteroatoms. The van der Waals surface area contributed by atoms with Gasteiger partial charge < -0.3 is 15.7 Å². The quantitative estimate of drug-likeness (QED) is 0.732. The summed E-state index contributed by atoms with van der Waals surface area (Å²) in [6, 6.07) is 5.47. The third-order valence-corrected chi connectivity index (χ3v) is 3.59. The fourth-order valence-electron chi connectivity index (χ4n) is 2.36. The van der Waals surface area contributed by atoms with E-state index in [2.05, 4.69) is 22.2 Å². The van der Waals surface area contributed by atoms with Crippen LogP contribution in [0, 0.1) is 5.82 Å². The molecule has 25 heavy (non-hydrogen) atoms.